The zero-order valence-electron chi connectivity index (χ0n) is 19.6. The Kier molecular flexibility index (Phi) is 7.88. The topological polar surface area (TPSA) is 100 Å². The lowest BCUT2D eigenvalue weighted by molar-refractivity contribution is -0.192. The molecule has 0 amide bonds. The molecule has 0 spiro atoms. The van der Waals surface area contributed by atoms with Crippen LogP contribution in [0.2, 0.25) is 0 Å². The molecule has 1 fully saturated rings. The molecule has 0 aliphatic carbocycles. The lowest BCUT2D eigenvalue weighted by Crippen LogP contribution is -2.46. The summed E-state index contributed by atoms with van der Waals surface area (Å²) in [6.07, 6.45) is -3.77. The number of rotatable bonds is 4. The van der Waals surface area contributed by atoms with E-state index in [9.17, 15) is 21.6 Å². The van der Waals surface area contributed by atoms with Gasteiger partial charge in [-0.05, 0) is 36.8 Å². The van der Waals surface area contributed by atoms with Crippen molar-refractivity contribution in [3.05, 3.63) is 76.1 Å². The number of aryl methyl sites for hydroxylation is 1. The minimum atomic E-state index is -5.08. The lowest BCUT2D eigenvalue weighted by atomic mass is 10.1. The van der Waals surface area contributed by atoms with Gasteiger partial charge in [-0.1, -0.05) is 30.3 Å². The van der Waals surface area contributed by atoms with E-state index in [2.05, 4.69) is 28.9 Å². The largest absolute Gasteiger partial charge is 0.490 e. The highest BCUT2D eigenvalue weighted by Crippen LogP contribution is 2.36. The molecule has 1 aromatic carbocycles. The number of thiophene rings is 1. The number of alkyl halides is 3. The highest BCUT2D eigenvalue weighted by Gasteiger charge is 2.47. The predicted octanol–water partition coefficient (Wildman–Crippen LogP) is 3.92. The first-order valence-electron chi connectivity index (χ1n) is 11.2. The molecule has 8 nitrogen and oxygen atoms in total. The van der Waals surface area contributed by atoms with E-state index >= 15 is 0 Å². The minimum absolute atomic E-state index is 0.149. The highest BCUT2D eigenvalue weighted by atomic mass is 32.2. The maximum atomic E-state index is 13.6. The van der Waals surface area contributed by atoms with Gasteiger partial charge in [0.1, 0.15) is 11.0 Å². The Morgan fingerprint density at radius 1 is 1.11 bits per heavy atom. The summed E-state index contributed by atoms with van der Waals surface area (Å²) in [6, 6.07) is 16.9. The van der Waals surface area contributed by atoms with E-state index in [0.29, 0.717) is 19.6 Å². The molecule has 4 heterocycles. The van der Waals surface area contributed by atoms with Gasteiger partial charge in [-0.2, -0.15) is 17.5 Å². The molecule has 198 valence electrons. The number of sulfonamides is 1. The number of carbonyl (C=O) groups is 1. The van der Waals surface area contributed by atoms with Crippen molar-refractivity contribution in [1.29, 1.82) is 0 Å². The fraction of sp³-hybridized carbons (Fsp3) is 0.333. The zero-order valence-corrected chi connectivity index (χ0v) is 21.3. The number of likely N-dealkylation sites (tertiary alicyclic amines) is 1. The fourth-order valence-corrected chi connectivity index (χ4v) is 6.85. The van der Waals surface area contributed by atoms with Crippen LogP contribution in [0.1, 0.15) is 15.3 Å². The first-order chi connectivity index (χ1) is 17.4. The number of fused-ring (bicyclic) bond motifs is 2. The first-order valence-corrected chi connectivity index (χ1v) is 13.5. The molecular formula is C24H24F3N3O5S2. The monoisotopic (exact) mass is 555 g/mol. The quantitative estimate of drug-likeness (QED) is 0.521. The summed E-state index contributed by atoms with van der Waals surface area (Å²) in [7, 11) is -3.74. The third kappa shape index (κ3) is 6.29. The molecule has 3 aromatic rings. The predicted molar refractivity (Wildman–Crippen MR) is 130 cm³/mol. The smallest absolute Gasteiger partial charge is 0.475 e. The number of ether oxygens (including phenoxy) is 1. The van der Waals surface area contributed by atoms with E-state index in [4.69, 9.17) is 14.6 Å². The second kappa shape index (κ2) is 10.8. The Morgan fingerprint density at radius 3 is 2.43 bits per heavy atom. The molecule has 2 aliphatic rings. The summed E-state index contributed by atoms with van der Waals surface area (Å²) in [6.45, 7) is 4.50. The van der Waals surface area contributed by atoms with Gasteiger partial charge in [-0.25, -0.2) is 18.2 Å². The Bertz CT molecular complexity index is 1350. The van der Waals surface area contributed by atoms with Crippen molar-refractivity contribution >= 4 is 27.3 Å². The van der Waals surface area contributed by atoms with Gasteiger partial charge in [0.25, 0.3) is 0 Å². The average molecular weight is 556 g/mol. The number of carboxylic acids is 1. The van der Waals surface area contributed by atoms with Gasteiger partial charge in [0.2, 0.25) is 15.9 Å². The van der Waals surface area contributed by atoms with Crippen LogP contribution in [0.5, 0.6) is 5.88 Å². The zero-order chi connectivity index (χ0) is 26.8. The normalized spacial score (nSPS) is 21.1. The number of aromatic nitrogens is 1. The van der Waals surface area contributed by atoms with Crippen LogP contribution in [0.3, 0.4) is 0 Å². The molecule has 0 saturated carbocycles. The summed E-state index contributed by atoms with van der Waals surface area (Å²) >= 11 is 1.78. The second-order valence-corrected chi connectivity index (χ2v) is 11.8. The number of halogens is 3. The molecule has 1 N–H and O–H groups in total. The van der Waals surface area contributed by atoms with E-state index in [0.717, 1.165) is 12.1 Å². The Labute approximate surface area is 216 Å². The number of nitrogens with zero attached hydrogens (tertiary/aromatic N) is 3. The maximum Gasteiger partial charge on any atom is 0.490 e. The first kappa shape index (κ1) is 27.0. The van der Waals surface area contributed by atoms with Crippen LogP contribution < -0.4 is 4.74 Å². The van der Waals surface area contributed by atoms with E-state index in [1.807, 2.05) is 30.3 Å². The molecular weight excluding hydrogens is 531 g/mol. The number of hydrogen-bond acceptors (Lipinski definition) is 7. The Balaban J connectivity index is 0.000000405. The van der Waals surface area contributed by atoms with Gasteiger partial charge >= 0.3 is 12.1 Å². The van der Waals surface area contributed by atoms with Crippen molar-refractivity contribution in [3.8, 4) is 5.88 Å². The number of hydrogen-bond donors (Lipinski definition) is 1. The van der Waals surface area contributed by atoms with E-state index in [1.165, 1.54) is 9.75 Å². The molecule has 2 aliphatic heterocycles. The standard InChI is InChI=1S/C22H23N3O3S2.C2HF3O2/c1-16-9-10-18(29-16)13-24-14-19-20(15-24)28-22-21(8-5-11-23-22)30(26,27)25(19)12-17-6-3-2-4-7-17;3-2(4,5)1(6)7/h2-11,19-20H,12-15H2,1H3;(H,6,7). The van der Waals surface area contributed by atoms with E-state index in [1.54, 1.807) is 34.0 Å². The Morgan fingerprint density at radius 2 is 1.81 bits per heavy atom. The maximum absolute atomic E-state index is 13.6. The molecule has 0 radical (unpaired) electrons. The van der Waals surface area contributed by atoms with Gasteiger partial charge < -0.3 is 9.84 Å². The van der Waals surface area contributed by atoms with Crippen molar-refractivity contribution in [2.45, 2.75) is 43.2 Å². The number of carboxylic acid groups (broad SMARTS) is 1. The van der Waals surface area contributed by atoms with Crippen molar-refractivity contribution in [2.24, 2.45) is 0 Å². The SMILES string of the molecule is Cc1ccc(CN2CC3Oc4ncccc4S(=O)(=O)N(Cc4ccccc4)C3C2)s1.O=C(O)C(F)(F)F. The second-order valence-electron chi connectivity index (χ2n) is 8.58. The number of aliphatic carboxylic acids is 1. The average Bonchev–Trinajstić information content (AvgIpc) is 3.41. The van der Waals surface area contributed by atoms with Crippen molar-refractivity contribution in [1.82, 2.24) is 14.2 Å². The summed E-state index contributed by atoms with van der Waals surface area (Å²) in [4.78, 5) is 18.1. The molecule has 2 aromatic heterocycles. The van der Waals surface area contributed by atoms with Crippen molar-refractivity contribution in [3.63, 3.8) is 0 Å². The summed E-state index contributed by atoms with van der Waals surface area (Å²) in [5.74, 6) is -2.55. The molecule has 0 bridgehead atoms. The fourth-order valence-electron chi connectivity index (χ4n) is 4.22. The van der Waals surface area contributed by atoms with Gasteiger partial charge in [0, 0.05) is 42.1 Å². The van der Waals surface area contributed by atoms with E-state index in [-0.39, 0.29) is 22.9 Å². The van der Waals surface area contributed by atoms with Gasteiger partial charge in [-0.15, -0.1) is 11.3 Å². The minimum Gasteiger partial charge on any atom is -0.475 e. The molecule has 13 heteroatoms. The van der Waals surface area contributed by atoms with Crippen molar-refractivity contribution < 1.29 is 36.2 Å². The van der Waals surface area contributed by atoms with Crippen LogP contribution >= 0.6 is 11.3 Å². The number of pyridine rings is 1. The molecule has 2 atom stereocenters. The molecule has 1 saturated heterocycles. The number of benzene rings is 1. The highest BCUT2D eigenvalue weighted by molar-refractivity contribution is 7.89. The van der Waals surface area contributed by atoms with Gasteiger partial charge in [0.15, 0.2) is 0 Å². The third-order valence-electron chi connectivity index (χ3n) is 5.87. The van der Waals surface area contributed by atoms with Crippen LogP contribution in [0.15, 0.2) is 65.7 Å². The van der Waals surface area contributed by atoms with Crippen LogP contribution in [-0.2, 0) is 27.9 Å². The van der Waals surface area contributed by atoms with Gasteiger partial charge in [0.05, 0.1) is 6.04 Å². The van der Waals surface area contributed by atoms with Crippen LogP contribution in [-0.4, -0.2) is 65.1 Å². The molecule has 5 rings (SSSR count). The van der Waals surface area contributed by atoms with Crippen LogP contribution in [0, 0.1) is 6.92 Å². The van der Waals surface area contributed by atoms with Crippen LogP contribution in [0.25, 0.3) is 0 Å². The summed E-state index contributed by atoms with van der Waals surface area (Å²) in [5.41, 5.74) is 0.958. The van der Waals surface area contributed by atoms with Gasteiger partial charge in [-0.3, -0.25) is 4.90 Å². The van der Waals surface area contributed by atoms with Crippen LogP contribution in [0.4, 0.5) is 13.2 Å². The summed E-state index contributed by atoms with van der Waals surface area (Å²) < 4.78 is 66.8. The third-order valence-corrected chi connectivity index (χ3v) is 8.74. The molecule has 2 unspecified atom stereocenters. The Hall–Kier alpha value is -3.00. The summed E-state index contributed by atoms with van der Waals surface area (Å²) in [5, 5.41) is 7.12. The lowest BCUT2D eigenvalue weighted by Gasteiger charge is -2.28. The van der Waals surface area contributed by atoms with E-state index < -0.39 is 22.2 Å². The molecule has 37 heavy (non-hydrogen) atoms. The van der Waals surface area contributed by atoms with Crippen molar-refractivity contribution in [2.75, 3.05) is 13.1 Å².